The topological polar surface area (TPSA) is 55.4 Å². The van der Waals surface area contributed by atoms with Crippen molar-refractivity contribution in [3.8, 4) is 0 Å². The zero-order valence-corrected chi connectivity index (χ0v) is 7.13. The maximum absolute atomic E-state index is 10.8. The van der Waals surface area contributed by atoms with Gasteiger partial charge in [0.05, 0.1) is 0 Å². The van der Waals surface area contributed by atoms with E-state index >= 15 is 0 Å². The summed E-state index contributed by atoms with van der Waals surface area (Å²) in [7, 11) is 1.40. The van der Waals surface area contributed by atoms with Gasteiger partial charge >= 0.3 is 12.1 Å². The number of carbonyl (C=O) groups excluding carboxylic acids is 2. The van der Waals surface area contributed by atoms with Gasteiger partial charge in [-0.3, -0.25) is 4.79 Å². The molecule has 0 saturated heterocycles. The Balaban J connectivity index is 3.46. The predicted molar refractivity (Wildman–Crippen MR) is 44.6 cm³/mol. The highest BCUT2D eigenvalue weighted by Gasteiger charge is 2.06. The maximum atomic E-state index is 10.8. The van der Waals surface area contributed by atoms with Crippen LogP contribution in [0.2, 0.25) is 0 Å². The van der Waals surface area contributed by atoms with E-state index in [1.54, 1.807) is 6.08 Å². The fourth-order valence-electron chi connectivity index (χ4n) is 0.596. The van der Waals surface area contributed by atoms with Gasteiger partial charge in [0.1, 0.15) is 0 Å². The lowest BCUT2D eigenvalue weighted by Crippen LogP contribution is -2.22. The van der Waals surface area contributed by atoms with Gasteiger partial charge in [0.15, 0.2) is 0 Å². The number of hydrogen-bond donors (Lipinski definition) is 1. The summed E-state index contributed by atoms with van der Waals surface area (Å²) < 4.78 is 4.32. The number of esters is 1. The van der Waals surface area contributed by atoms with Crippen LogP contribution in [0, 0.1) is 0 Å². The molecule has 0 rings (SSSR count). The smallest absolute Gasteiger partial charge is 0.376 e. The molecule has 1 amide bonds. The molecule has 0 aromatic carbocycles. The highest BCUT2D eigenvalue weighted by Crippen LogP contribution is 1.97. The second kappa shape index (κ2) is 6.39. The Bertz CT molecular complexity index is 177. The molecule has 0 spiro atoms. The highest BCUT2D eigenvalue weighted by molar-refractivity contribution is 5.84. The summed E-state index contributed by atoms with van der Waals surface area (Å²) in [5.74, 6) is -0.504. The SMILES string of the molecule is C=CCCCC(=O)OC(=O)NC. The summed E-state index contributed by atoms with van der Waals surface area (Å²) in [5.41, 5.74) is 0. The minimum Gasteiger partial charge on any atom is -0.376 e. The van der Waals surface area contributed by atoms with E-state index in [9.17, 15) is 9.59 Å². The van der Waals surface area contributed by atoms with E-state index in [1.807, 2.05) is 0 Å². The molecule has 0 aromatic rings. The first-order chi connectivity index (χ1) is 5.70. The zero-order valence-electron chi connectivity index (χ0n) is 7.13. The standard InChI is InChI=1S/C8H13NO3/c1-3-4-5-6-7(10)12-8(11)9-2/h3H,1,4-6H2,2H3,(H,9,11). The predicted octanol–water partition coefficient (Wildman–Crippen LogP) is 1.23. The number of rotatable bonds is 4. The summed E-state index contributed by atoms with van der Waals surface area (Å²) in [5, 5.41) is 2.18. The molecular weight excluding hydrogens is 158 g/mol. The molecule has 0 heterocycles. The second-order valence-electron chi connectivity index (χ2n) is 2.19. The van der Waals surface area contributed by atoms with Crippen molar-refractivity contribution in [2.24, 2.45) is 0 Å². The van der Waals surface area contributed by atoms with Crippen molar-refractivity contribution in [3.63, 3.8) is 0 Å². The van der Waals surface area contributed by atoms with Crippen molar-refractivity contribution in [3.05, 3.63) is 12.7 Å². The molecule has 0 unspecified atom stereocenters. The molecule has 0 aliphatic heterocycles. The third kappa shape index (κ3) is 5.46. The van der Waals surface area contributed by atoms with Crippen molar-refractivity contribution in [1.29, 1.82) is 0 Å². The van der Waals surface area contributed by atoms with Crippen LogP contribution in [0.5, 0.6) is 0 Å². The van der Waals surface area contributed by atoms with Gasteiger partial charge in [-0.25, -0.2) is 4.79 Å². The van der Waals surface area contributed by atoms with Crippen LogP contribution in [0.25, 0.3) is 0 Å². The van der Waals surface area contributed by atoms with Crippen LogP contribution in [0.15, 0.2) is 12.7 Å². The van der Waals surface area contributed by atoms with Crippen LogP contribution < -0.4 is 5.32 Å². The number of ether oxygens (including phenoxy) is 1. The number of unbranched alkanes of at least 4 members (excludes halogenated alkanes) is 1. The van der Waals surface area contributed by atoms with Crippen LogP contribution in [-0.4, -0.2) is 19.1 Å². The Morgan fingerprint density at radius 2 is 2.25 bits per heavy atom. The molecule has 0 atom stereocenters. The van der Waals surface area contributed by atoms with E-state index in [-0.39, 0.29) is 6.42 Å². The first-order valence-corrected chi connectivity index (χ1v) is 3.74. The number of carbonyl (C=O) groups is 2. The number of hydrogen-bond acceptors (Lipinski definition) is 3. The van der Waals surface area contributed by atoms with E-state index in [4.69, 9.17) is 0 Å². The van der Waals surface area contributed by atoms with Crippen molar-refractivity contribution in [2.45, 2.75) is 19.3 Å². The first-order valence-electron chi connectivity index (χ1n) is 3.74. The van der Waals surface area contributed by atoms with Gasteiger partial charge in [-0.2, -0.15) is 0 Å². The Labute approximate surface area is 71.6 Å². The molecule has 4 heteroatoms. The zero-order chi connectivity index (χ0) is 9.40. The van der Waals surface area contributed by atoms with Gasteiger partial charge in [-0.05, 0) is 12.8 Å². The fourth-order valence-corrected chi connectivity index (χ4v) is 0.596. The lowest BCUT2D eigenvalue weighted by atomic mass is 10.2. The minimum absolute atomic E-state index is 0.249. The molecule has 1 N–H and O–H groups in total. The van der Waals surface area contributed by atoms with Crippen LogP contribution in [0.4, 0.5) is 4.79 Å². The largest absolute Gasteiger partial charge is 0.414 e. The quantitative estimate of drug-likeness (QED) is 0.299. The normalized spacial score (nSPS) is 8.75. The van der Waals surface area contributed by atoms with Crippen LogP contribution in [0.1, 0.15) is 19.3 Å². The third-order valence-electron chi connectivity index (χ3n) is 1.20. The van der Waals surface area contributed by atoms with Crippen molar-refractivity contribution in [2.75, 3.05) is 7.05 Å². The number of allylic oxidation sites excluding steroid dienone is 1. The monoisotopic (exact) mass is 171 g/mol. The van der Waals surface area contributed by atoms with Gasteiger partial charge in [-0.15, -0.1) is 6.58 Å². The Hall–Kier alpha value is -1.32. The van der Waals surface area contributed by atoms with E-state index in [1.165, 1.54) is 7.05 Å². The van der Waals surface area contributed by atoms with E-state index < -0.39 is 12.1 Å². The molecule has 0 aliphatic carbocycles. The summed E-state index contributed by atoms with van der Waals surface area (Å²) in [4.78, 5) is 21.3. The molecule has 4 nitrogen and oxygen atoms in total. The number of nitrogens with one attached hydrogen (secondary N) is 1. The van der Waals surface area contributed by atoms with E-state index in [0.717, 1.165) is 6.42 Å². The van der Waals surface area contributed by atoms with Gasteiger partial charge in [0.25, 0.3) is 0 Å². The van der Waals surface area contributed by atoms with Crippen LogP contribution in [0.3, 0.4) is 0 Å². The summed E-state index contributed by atoms with van der Waals surface area (Å²) in [6.45, 7) is 3.50. The molecule has 0 radical (unpaired) electrons. The number of amides is 1. The van der Waals surface area contributed by atoms with Crippen molar-refractivity contribution < 1.29 is 14.3 Å². The lowest BCUT2D eigenvalue weighted by Gasteiger charge is -1.99. The molecule has 0 aromatic heterocycles. The Morgan fingerprint density at radius 3 is 2.75 bits per heavy atom. The Kier molecular flexibility index (Phi) is 5.69. The van der Waals surface area contributed by atoms with Gasteiger partial charge < -0.3 is 10.1 Å². The molecule has 12 heavy (non-hydrogen) atoms. The van der Waals surface area contributed by atoms with Gasteiger partial charge in [-0.1, -0.05) is 6.08 Å². The van der Waals surface area contributed by atoms with Crippen molar-refractivity contribution >= 4 is 12.1 Å². The maximum Gasteiger partial charge on any atom is 0.414 e. The first kappa shape index (κ1) is 10.7. The average molecular weight is 171 g/mol. The van der Waals surface area contributed by atoms with Crippen molar-refractivity contribution in [1.82, 2.24) is 5.32 Å². The second-order valence-corrected chi connectivity index (χ2v) is 2.19. The fraction of sp³-hybridized carbons (Fsp3) is 0.500. The molecular formula is C8H13NO3. The van der Waals surface area contributed by atoms with Gasteiger partial charge in [0, 0.05) is 13.5 Å². The van der Waals surface area contributed by atoms with Gasteiger partial charge in [0.2, 0.25) is 0 Å². The number of alkyl carbamates (subject to hydrolysis) is 1. The third-order valence-corrected chi connectivity index (χ3v) is 1.20. The molecule has 0 aliphatic rings. The van der Waals surface area contributed by atoms with E-state index in [2.05, 4.69) is 16.6 Å². The molecule has 0 saturated carbocycles. The minimum atomic E-state index is -0.710. The summed E-state index contributed by atoms with van der Waals surface area (Å²) in [6.07, 6.45) is 2.67. The summed E-state index contributed by atoms with van der Waals surface area (Å²) >= 11 is 0. The average Bonchev–Trinajstić information content (AvgIpc) is 2.05. The Morgan fingerprint density at radius 1 is 1.58 bits per heavy atom. The molecule has 68 valence electrons. The van der Waals surface area contributed by atoms with Crippen LogP contribution >= 0.6 is 0 Å². The molecule has 0 fully saturated rings. The van der Waals surface area contributed by atoms with E-state index in [0.29, 0.717) is 6.42 Å². The molecule has 0 bridgehead atoms. The summed E-state index contributed by atoms with van der Waals surface area (Å²) in [6, 6.07) is 0. The highest BCUT2D eigenvalue weighted by atomic mass is 16.6. The lowest BCUT2D eigenvalue weighted by molar-refractivity contribution is -0.137. The van der Waals surface area contributed by atoms with Crippen LogP contribution in [-0.2, 0) is 9.53 Å².